The average molecular weight is 308 g/mol. The Morgan fingerprint density at radius 2 is 1.78 bits per heavy atom. The first kappa shape index (κ1) is 16.0. The lowest BCUT2D eigenvalue weighted by Crippen LogP contribution is -2.17. The van der Waals surface area contributed by atoms with E-state index in [2.05, 4.69) is 33.4 Å². The summed E-state index contributed by atoms with van der Waals surface area (Å²) in [6.45, 7) is 6.80. The van der Waals surface area contributed by atoms with Gasteiger partial charge in [0.2, 0.25) is 0 Å². The first-order chi connectivity index (χ1) is 8.24. The Morgan fingerprint density at radius 1 is 1.28 bits per heavy atom. The number of thiol groups is 1. The Labute approximate surface area is 124 Å². The Morgan fingerprint density at radius 3 is 2.17 bits per heavy atom. The van der Waals surface area contributed by atoms with Crippen LogP contribution in [0.2, 0.25) is 10.0 Å². The molecule has 2 N–H and O–H groups in total. The second kappa shape index (κ2) is 6.38. The predicted molar refractivity (Wildman–Crippen MR) is 82.2 cm³/mol. The van der Waals surface area contributed by atoms with E-state index in [9.17, 15) is 0 Å². The summed E-state index contributed by atoms with van der Waals surface area (Å²) in [6.07, 6.45) is 0. The first-order valence-corrected chi connectivity index (χ1v) is 7.11. The van der Waals surface area contributed by atoms with Gasteiger partial charge < -0.3 is 10.5 Å². The summed E-state index contributed by atoms with van der Waals surface area (Å²) < 4.78 is 5.68. The van der Waals surface area contributed by atoms with Gasteiger partial charge >= 0.3 is 0 Å². The van der Waals surface area contributed by atoms with Gasteiger partial charge in [0.15, 0.2) is 5.75 Å². The molecule has 1 aromatic rings. The highest BCUT2D eigenvalue weighted by Gasteiger charge is 2.16. The third-order valence-electron chi connectivity index (χ3n) is 2.29. The van der Waals surface area contributed by atoms with Crippen LogP contribution in [0, 0.1) is 5.41 Å². The minimum atomic E-state index is -0.181. The Kier molecular flexibility index (Phi) is 5.66. The van der Waals surface area contributed by atoms with Crippen LogP contribution in [0.3, 0.4) is 0 Å². The van der Waals surface area contributed by atoms with Gasteiger partial charge in [0.05, 0.1) is 16.7 Å². The highest BCUT2D eigenvalue weighted by Crippen LogP contribution is 2.36. The van der Waals surface area contributed by atoms with Crippen LogP contribution in [-0.2, 0) is 0 Å². The summed E-state index contributed by atoms with van der Waals surface area (Å²) >= 11 is 16.5. The molecule has 2 nitrogen and oxygen atoms in total. The van der Waals surface area contributed by atoms with Crippen molar-refractivity contribution in [3.63, 3.8) is 0 Å². The Balaban J connectivity index is 2.94. The van der Waals surface area contributed by atoms with Crippen molar-refractivity contribution in [2.24, 2.45) is 11.1 Å². The normalized spacial score (nSPS) is 13.5. The standard InChI is InChI=1S/C13H19Cl2NOS/c1-13(2,3)7-17-12-9(14)4-8(5-10(12)15)11(16)6-18/h4-5,11,18H,6-7,16H2,1-3H3. The molecule has 1 atom stereocenters. The molecule has 0 heterocycles. The summed E-state index contributed by atoms with van der Waals surface area (Å²) in [6, 6.07) is 3.39. The SMILES string of the molecule is CC(C)(C)COc1c(Cl)cc(C(N)CS)cc1Cl. The molecule has 5 heteroatoms. The number of hydrogen-bond donors (Lipinski definition) is 2. The van der Waals surface area contributed by atoms with Crippen molar-refractivity contribution >= 4 is 35.8 Å². The molecule has 0 amide bonds. The molecular formula is C13H19Cl2NOS. The second-order valence-electron chi connectivity index (χ2n) is 5.45. The summed E-state index contributed by atoms with van der Waals surface area (Å²) in [7, 11) is 0. The molecule has 18 heavy (non-hydrogen) atoms. The molecule has 1 unspecified atom stereocenters. The van der Waals surface area contributed by atoms with E-state index >= 15 is 0 Å². The summed E-state index contributed by atoms with van der Waals surface area (Å²) in [5, 5.41) is 0.970. The average Bonchev–Trinajstić information content (AvgIpc) is 2.25. The zero-order valence-electron chi connectivity index (χ0n) is 10.8. The highest BCUT2D eigenvalue weighted by molar-refractivity contribution is 7.80. The molecule has 0 aromatic heterocycles. The molecule has 0 aliphatic rings. The van der Waals surface area contributed by atoms with Crippen LogP contribution >= 0.6 is 35.8 Å². The third kappa shape index (κ3) is 4.54. The lowest BCUT2D eigenvalue weighted by Gasteiger charge is -2.21. The molecule has 102 valence electrons. The van der Waals surface area contributed by atoms with E-state index in [-0.39, 0.29) is 11.5 Å². The van der Waals surface area contributed by atoms with Crippen molar-refractivity contribution in [3.05, 3.63) is 27.7 Å². The largest absolute Gasteiger partial charge is 0.490 e. The van der Waals surface area contributed by atoms with Crippen LogP contribution in [0.4, 0.5) is 0 Å². The van der Waals surface area contributed by atoms with Crippen molar-refractivity contribution in [2.75, 3.05) is 12.4 Å². The van der Waals surface area contributed by atoms with E-state index in [1.165, 1.54) is 0 Å². The number of rotatable bonds is 4. The van der Waals surface area contributed by atoms with Gasteiger partial charge in [-0.1, -0.05) is 44.0 Å². The second-order valence-corrected chi connectivity index (χ2v) is 6.63. The summed E-state index contributed by atoms with van der Waals surface area (Å²) in [4.78, 5) is 0. The maximum atomic E-state index is 6.17. The maximum Gasteiger partial charge on any atom is 0.156 e. The van der Waals surface area contributed by atoms with Crippen LogP contribution in [-0.4, -0.2) is 12.4 Å². The van der Waals surface area contributed by atoms with Gasteiger partial charge in [-0.05, 0) is 23.1 Å². The molecule has 0 saturated heterocycles. The number of ether oxygens (including phenoxy) is 1. The number of nitrogens with two attached hydrogens (primary N) is 1. The third-order valence-corrected chi connectivity index (χ3v) is 3.25. The van der Waals surface area contributed by atoms with Crippen molar-refractivity contribution in [1.29, 1.82) is 0 Å². The van der Waals surface area contributed by atoms with Gasteiger partial charge in [0.1, 0.15) is 0 Å². The van der Waals surface area contributed by atoms with Gasteiger partial charge in [0.25, 0.3) is 0 Å². The molecule has 0 aliphatic carbocycles. The van der Waals surface area contributed by atoms with Crippen LogP contribution in [0.25, 0.3) is 0 Å². The lowest BCUT2D eigenvalue weighted by atomic mass is 9.99. The quantitative estimate of drug-likeness (QED) is 0.811. The van der Waals surface area contributed by atoms with E-state index in [4.69, 9.17) is 33.7 Å². The van der Waals surface area contributed by atoms with Crippen molar-refractivity contribution in [1.82, 2.24) is 0 Å². The van der Waals surface area contributed by atoms with E-state index < -0.39 is 0 Å². The van der Waals surface area contributed by atoms with E-state index in [0.717, 1.165) is 5.56 Å². The summed E-state index contributed by atoms with van der Waals surface area (Å²) in [5.74, 6) is 1.05. The Hall–Kier alpha value is -0.0900. The van der Waals surface area contributed by atoms with Crippen molar-refractivity contribution in [3.8, 4) is 5.75 Å². The topological polar surface area (TPSA) is 35.2 Å². The van der Waals surface area contributed by atoms with Crippen LogP contribution in [0.1, 0.15) is 32.4 Å². The van der Waals surface area contributed by atoms with Crippen LogP contribution in [0.15, 0.2) is 12.1 Å². The fraction of sp³-hybridized carbons (Fsp3) is 0.538. The van der Waals surface area contributed by atoms with Crippen LogP contribution in [0.5, 0.6) is 5.75 Å². The molecule has 0 saturated carbocycles. The van der Waals surface area contributed by atoms with E-state index in [1.807, 2.05) is 0 Å². The molecule has 0 spiro atoms. The molecule has 0 radical (unpaired) electrons. The number of benzene rings is 1. The van der Waals surface area contributed by atoms with Gasteiger partial charge in [-0.2, -0.15) is 12.6 Å². The monoisotopic (exact) mass is 307 g/mol. The molecule has 0 bridgehead atoms. The smallest absolute Gasteiger partial charge is 0.156 e. The minimum absolute atomic E-state index is 0.0484. The van der Waals surface area contributed by atoms with E-state index in [1.54, 1.807) is 12.1 Å². The summed E-state index contributed by atoms with van der Waals surface area (Å²) in [5.41, 5.74) is 6.80. The molecular weight excluding hydrogens is 289 g/mol. The van der Waals surface area contributed by atoms with Gasteiger partial charge in [0, 0.05) is 11.8 Å². The molecule has 0 fully saturated rings. The number of hydrogen-bond acceptors (Lipinski definition) is 3. The van der Waals surface area contributed by atoms with Gasteiger partial charge in [-0.3, -0.25) is 0 Å². The van der Waals surface area contributed by atoms with Crippen LogP contribution < -0.4 is 10.5 Å². The number of halogens is 2. The van der Waals surface area contributed by atoms with Gasteiger partial charge in [-0.25, -0.2) is 0 Å². The molecule has 1 rings (SSSR count). The first-order valence-electron chi connectivity index (χ1n) is 5.73. The zero-order chi connectivity index (χ0) is 13.9. The maximum absolute atomic E-state index is 6.17. The van der Waals surface area contributed by atoms with E-state index in [0.29, 0.717) is 28.2 Å². The van der Waals surface area contributed by atoms with Crippen molar-refractivity contribution in [2.45, 2.75) is 26.8 Å². The predicted octanol–water partition coefficient (Wildman–Crippen LogP) is 4.35. The molecule has 0 aliphatic heterocycles. The Bertz CT molecular complexity index is 395. The highest BCUT2D eigenvalue weighted by atomic mass is 35.5. The van der Waals surface area contributed by atoms with Gasteiger partial charge in [-0.15, -0.1) is 0 Å². The minimum Gasteiger partial charge on any atom is -0.490 e. The fourth-order valence-electron chi connectivity index (χ4n) is 1.33. The van der Waals surface area contributed by atoms with Crippen molar-refractivity contribution < 1.29 is 4.74 Å². The fourth-order valence-corrected chi connectivity index (χ4v) is 2.15. The zero-order valence-corrected chi connectivity index (χ0v) is 13.2. The lowest BCUT2D eigenvalue weighted by molar-refractivity contribution is 0.198. The molecule has 1 aromatic carbocycles.